The minimum Gasteiger partial charge on any atom is -0.466 e. The van der Waals surface area contributed by atoms with Gasteiger partial charge in [-0.05, 0) is 55.5 Å². The van der Waals surface area contributed by atoms with Gasteiger partial charge in [-0.25, -0.2) is 0 Å². The number of carbonyl (C=O) groups is 1. The van der Waals surface area contributed by atoms with Crippen molar-refractivity contribution in [2.45, 2.75) is 45.9 Å². The molecule has 0 amide bonds. The van der Waals surface area contributed by atoms with Gasteiger partial charge in [-0.15, -0.1) is 0 Å². The lowest BCUT2D eigenvalue weighted by Crippen LogP contribution is -2.12. The van der Waals surface area contributed by atoms with E-state index in [0.29, 0.717) is 17.5 Å². The molecule has 0 saturated carbocycles. The van der Waals surface area contributed by atoms with Crippen molar-refractivity contribution in [2.24, 2.45) is 0 Å². The zero-order valence-electron chi connectivity index (χ0n) is 12.4. The second kappa shape index (κ2) is 5.93. The number of benzene rings is 1. The lowest BCUT2D eigenvalue weighted by Gasteiger charge is -2.19. The Kier molecular flexibility index (Phi) is 4.94. The highest BCUT2D eigenvalue weighted by Gasteiger charge is 2.22. The van der Waals surface area contributed by atoms with Crippen LogP contribution in [0, 0.1) is 27.7 Å². The molecule has 0 unspecified atom stereocenters. The summed E-state index contributed by atoms with van der Waals surface area (Å²) in [6.45, 7) is 8.55. The fourth-order valence-corrected chi connectivity index (χ4v) is 3.49. The van der Waals surface area contributed by atoms with Gasteiger partial charge in [0.25, 0.3) is 10.1 Å². The third-order valence-corrected chi connectivity index (χ3v) is 4.76. The molecule has 1 aromatic carbocycles. The van der Waals surface area contributed by atoms with Crippen molar-refractivity contribution < 1.29 is 22.5 Å². The first-order valence-electron chi connectivity index (χ1n) is 6.27. The second-order valence-corrected chi connectivity index (χ2v) is 6.23. The largest absolute Gasteiger partial charge is 0.466 e. The number of hydrogen-bond acceptors (Lipinski definition) is 4. The van der Waals surface area contributed by atoms with E-state index in [-0.39, 0.29) is 17.5 Å². The van der Waals surface area contributed by atoms with Crippen molar-refractivity contribution in [3.8, 4) is 0 Å². The number of rotatable bonds is 4. The minimum atomic E-state index is -4.28. The highest BCUT2D eigenvalue weighted by Crippen LogP contribution is 2.30. The molecule has 0 bridgehead atoms. The van der Waals surface area contributed by atoms with Crippen LogP contribution in [-0.2, 0) is 26.1 Å². The summed E-state index contributed by atoms with van der Waals surface area (Å²) >= 11 is 0. The van der Waals surface area contributed by atoms with Crippen molar-refractivity contribution in [1.82, 2.24) is 0 Å². The maximum absolute atomic E-state index is 11.5. The Hall–Kier alpha value is -1.40. The van der Waals surface area contributed by atoms with Crippen LogP contribution in [0.3, 0.4) is 0 Å². The van der Waals surface area contributed by atoms with Gasteiger partial charge in [0.15, 0.2) is 0 Å². The molecule has 1 aromatic rings. The molecule has 0 atom stereocenters. The van der Waals surface area contributed by atoms with Gasteiger partial charge in [0.2, 0.25) is 0 Å². The highest BCUT2D eigenvalue weighted by atomic mass is 32.2. The molecule has 6 heteroatoms. The third-order valence-electron chi connectivity index (χ3n) is 3.63. The molecule has 0 aliphatic carbocycles. The van der Waals surface area contributed by atoms with E-state index in [1.165, 1.54) is 6.92 Å². The highest BCUT2D eigenvalue weighted by molar-refractivity contribution is 7.86. The zero-order valence-corrected chi connectivity index (χ0v) is 13.2. The maximum Gasteiger partial charge on any atom is 0.302 e. The summed E-state index contributed by atoms with van der Waals surface area (Å²) in [7, 11) is -4.28. The van der Waals surface area contributed by atoms with Gasteiger partial charge < -0.3 is 4.74 Å². The number of esters is 1. The first-order chi connectivity index (χ1) is 9.07. The van der Waals surface area contributed by atoms with Gasteiger partial charge in [-0.2, -0.15) is 8.42 Å². The number of ether oxygens (including phenoxy) is 1. The molecule has 20 heavy (non-hydrogen) atoms. The first-order valence-corrected chi connectivity index (χ1v) is 7.71. The van der Waals surface area contributed by atoms with Crippen molar-refractivity contribution in [2.75, 3.05) is 6.61 Å². The molecular formula is C14H20O5S. The molecule has 0 radical (unpaired) electrons. The predicted molar refractivity (Wildman–Crippen MR) is 75.5 cm³/mol. The average molecular weight is 300 g/mol. The van der Waals surface area contributed by atoms with Crippen molar-refractivity contribution in [1.29, 1.82) is 0 Å². The van der Waals surface area contributed by atoms with Crippen molar-refractivity contribution >= 4 is 16.1 Å². The standard InChI is InChI=1S/C14H20O5S/c1-8-9(2)13(6-7-19-12(5)15)11(4)14(10(8)3)20(16,17)18/h6-7H2,1-5H3,(H,16,17,18). The quantitative estimate of drug-likeness (QED) is 0.681. The Labute approximate surface area is 119 Å². The van der Waals surface area contributed by atoms with E-state index in [4.69, 9.17) is 4.74 Å². The fraction of sp³-hybridized carbons (Fsp3) is 0.500. The molecule has 5 nitrogen and oxygen atoms in total. The van der Waals surface area contributed by atoms with Crippen LogP contribution in [0.15, 0.2) is 4.90 Å². The number of hydrogen-bond donors (Lipinski definition) is 1. The van der Waals surface area contributed by atoms with Gasteiger partial charge in [0, 0.05) is 13.3 Å². The van der Waals surface area contributed by atoms with Gasteiger partial charge in [0.1, 0.15) is 4.90 Å². The van der Waals surface area contributed by atoms with Crippen LogP contribution in [0.25, 0.3) is 0 Å². The first kappa shape index (κ1) is 16.7. The maximum atomic E-state index is 11.5. The van der Waals surface area contributed by atoms with E-state index in [1.54, 1.807) is 13.8 Å². The van der Waals surface area contributed by atoms with Crippen LogP contribution in [0.2, 0.25) is 0 Å². The Morgan fingerprint density at radius 1 is 1.05 bits per heavy atom. The summed E-state index contributed by atoms with van der Waals surface area (Å²) < 4.78 is 37.4. The van der Waals surface area contributed by atoms with Crippen LogP contribution in [0.5, 0.6) is 0 Å². The summed E-state index contributed by atoms with van der Waals surface area (Å²) in [6.07, 6.45) is 0.418. The van der Waals surface area contributed by atoms with Crippen molar-refractivity contribution in [3.63, 3.8) is 0 Å². The SMILES string of the molecule is CC(=O)OCCc1c(C)c(C)c(C)c(S(=O)(=O)O)c1C. The summed E-state index contributed by atoms with van der Waals surface area (Å²) in [6, 6.07) is 0. The molecule has 0 heterocycles. The van der Waals surface area contributed by atoms with Gasteiger partial charge in [-0.3, -0.25) is 9.35 Å². The Bertz CT molecular complexity index is 644. The Morgan fingerprint density at radius 3 is 2.05 bits per heavy atom. The summed E-state index contributed by atoms with van der Waals surface area (Å²) in [4.78, 5) is 10.7. The zero-order chi connectivity index (χ0) is 15.7. The number of carbonyl (C=O) groups excluding carboxylic acids is 1. The van der Waals surface area contributed by atoms with Gasteiger partial charge in [0.05, 0.1) is 6.61 Å². The Balaban J connectivity index is 3.38. The summed E-state index contributed by atoms with van der Waals surface area (Å²) in [5, 5.41) is 0. The molecule has 0 aliphatic rings. The van der Waals surface area contributed by atoms with E-state index in [2.05, 4.69) is 0 Å². The molecule has 0 fully saturated rings. The average Bonchev–Trinajstić information content (AvgIpc) is 2.29. The van der Waals surface area contributed by atoms with E-state index in [9.17, 15) is 17.8 Å². The fourth-order valence-electron chi connectivity index (χ4n) is 2.44. The lowest BCUT2D eigenvalue weighted by atomic mass is 9.92. The van der Waals surface area contributed by atoms with E-state index in [1.807, 2.05) is 13.8 Å². The molecule has 112 valence electrons. The van der Waals surface area contributed by atoms with Gasteiger partial charge >= 0.3 is 5.97 Å². The molecule has 1 rings (SSSR count). The van der Waals surface area contributed by atoms with E-state index >= 15 is 0 Å². The summed E-state index contributed by atoms with van der Waals surface area (Å²) in [5.41, 5.74) is 3.64. The lowest BCUT2D eigenvalue weighted by molar-refractivity contribution is -0.140. The minimum absolute atomic E-state index is 0.0431. The summed E-state index contributed by atoms with van der Waals surface area (Å²) in [5.74, 6) is -0.376. The smallest absolute Gasteiger partial charge is 0.302 e. The second-order valence-electron chi connectivity index (χ2n) is 4.87. The third kappa shape index (κ3) is 3.37. The molecule has 0 aromatic heterocycles. The molecule has 0 aliphatic heterocycles. The Morgan fingerprint density at radius 2 is 1.60 bits per heavy atom. The van der Waals surface area contributed by atoms with Crippen LogP contribution >= 0.6 is 0 Å². The van der Waals surface area contributed by atoms with E-state index in [0.717, 1.165) is 16.7 Å². The van der Waals surface area contributed by atoms with Crippen LogP contribution in [0.4, 0.5) is 0 Å². The molecule has 0 spiro atoms. The van der Waals surface area contributed by atoms with Crippen LogP contribution in [0.1, 0.15) is 34.7 Å². The van der Waals surface area contributed by atoms with Crippen LogP contribution in [-0.4, -0.2) is 25.5 Å². The normalized spacial score (nSPS) is 11.5. The monoisotopic (exact) mass is 300 g/mol. The predicted octanol–water partition coefficient (Wildman–Crippen LogP) is 2.27. The van der Waals surface area contributed by atoms with Crippen molar-refractivity contribution in [3.05, 3.63) is 27.8 Å². The molecule has 1 N–H and O–H groups in total. The van der Waals surface area contributed by atoms with E-state index < -0.39 is 10.1 Å². The van der Waals surface area contributed by atoms with Gasteiger partial charge in [-0.1, -0.05) is 0 Å². The topological polar surface area (TPSA) is 80.7 Å². The van der Waals surface area contributed by atoms with Crippen LogP contribution < -0.4 is 0 Å². The molecular weight excluding hydrogens is 280 g/mol. The molecule has 0 saturated heterocycles.